The quantitative estimate of drug-likeness (QED) is 0.248. The van der Waals surface area contributed by atoms with Crippen LogP contribution in [0.15, 0.2) is 0 Å². The molecule has 0 aromatic rings. The molecule has 0 radical (unpaired) electrons. The van der Waals surface area contributed by atoms with E-state index in [-0.39, 0.29) is 18.9 Å². The largest absolute Gasteiger partial charge is 0.622 e. The SMILES string of the molecule is CN1CC(=O)C2(C1)OB(C#CCS)OC2=O. The Morgan fingerprint density at radius 3 is 2.94 bits per heavy atom. The van der Waals surface area contributed by atoms with E-state index in [0.717, 1.165) is 0 Å². The van der Waals surface area contributed by atoms with Crippen LogP contribution >= 0.6 is 12.6 Å². The lowest BCUT2D eigenvalue weighted by molar-refractivity contribution is -0.148. The Morgan fingerprint density at radius 2 is 2.38 bits per heavy atom. The molecule has 0 aromatic heterocycles. The van der Waals surface area contributed by atoms with Crippen molar-refractivity contribution in [2.24, 2.45) is 0 Å². The van der Waals surface area contributed by atoms with E-state index in [1.54, 1.807) is 11.9 Å². The van der Waals surface area contributed by atoms with E-state index in [2.05, 4.69) is 24.4 Å². The molecular formula is C9H10BNO4S. The van der Waals surface area contributed by atoms with Gasteiger partial charge in [0, 0.05) is 6.54 Å². The minimum absolute atomic E-state index is 0.196. The minimum atomic E-state index is -1.45. The molecule has 2 saturated heterocycles. The number of hydrogen-bond donors (Lipinski definition) is 1. The van der Waals surface area contributed by atoms with Gasteiger partial charge in [-0.3, -0.25) is 14.5 Å². The number of ketones is 1. The van der Waals surface area contributed by atoms with Crippen LogP contribution in [0.2, 0.25) is 0 Å². The van der Waals surface area contributed by atoms with Crippen molar-refractivity contribution >= 4 is 31.5 Å². The number of carbonyl (C=O) groups excluding carboxylic acids is 2. The van der Waals surface area contributed by atoms with E-state index in [1.807, 2.05) is 0 Å². The van der Waals surface area contributed by atoms with Crippen molar-refractivity contribution in [1.82, 2.24) is 4.90 Å². The van der Waals surface area contributed by atoms with Crippen LogP contribution in [0.25, 0.3) is 0 Å². The lowest BCUT2D eigenvalue weighted by atomic mass is 9.92. The predicted octanol–water partition coefficient (Wildman–Crippen LogP) is -1.23. The highest BCUT2D eigenvalue weighted by Crippen LogP contribution is 2.29. The summed E-state index contributed by atoms with van der Waals surface area (Å²) in [4.78, 5) is 25.1. The van der Waals surface area contributed by atoms with E-state index >= 15 is 0 Å². The third-order valence-corrected chi connectivity index (χ3v) is 2.67. The fraction of sp³-hybridized carbons (Fsp3) is 0.556. The molecule has 16 heavy (non-hydrogen) atoms. The molecule has 1 spiro atoms. The standard InChI is InChI=1S/C9H10BNO4S/c1-11-5-7(12)9(6-11)8(13)14-10(15-9)3-2-4-16/h16H,4-6H2,1H3. The molecule has 2 fully saturated rings. The zero-order valence-electron chi connectivity index (χ0n) is 8.73. The van der Waals surface area contributed by atoms with Crippen molar-refractivity contribution in [1.29, 1.82) is 0 Å². The second-order valence-electron chi connectivity index (χ2n) is 3.76. The summed E-state index contributed by atoms with van der Waals surface area (Å²) in [5.74, 6) is 4.65. The molecule has 2 heterocycles. The average molecular weight is 239 g/mol. The predicted molar refractivity (Wildman–Crippen MR) is 59.8 cm³/mol. The van der Waals surface area contributed by atoms with Crippen molar-refractivity contribution in [2.45, 2.75) is 5.60 Å². The van der Waals surface area contributed by atoms with Gasteiger partial charge >= 0.3 is 13.1 Å². The summed E-state index contributed by atoms with van der Waals surface area (Å²) in [6, 6.07) is 0. The summed E-state index contributed by atoms with van der Waals surface area (Å²) in [5.41, 5.74) is -1.45. The molecule has 0 aromatic carbocycles. The van der Waals surface area contributed by atoms with Crippen molar-refractivity contribution in [3.63, 3.8) is 0 Å². The highest BCUT2D eigenvalue weighted by molar-refractivity contribution is 7.80. The van der Waals surface area contributed by atoms with Crippen LogP contribution in [-0.2, 0) is 18.9 Å². The van der Waals surface area contributed by atoms with Gasteiger partial charge in [0.25, 0.3) is 0 Å². The van der Waals surface area contributed by atoms with Crippen molar-refractivity contribution in [3.8, 4) is 11.7 Å². The van der Waals surface area contributed by atoms with Gasteiger partial charge in [-0.15, -0.1) is 0 Å². The molecule has 0 aliphatic carbocycles. The Bertz CT molecular complexity index is 404. The molecule has 0 saturated carbocycles. The Balaban J connectivity index is 2.19. The number of Topliss-reactive ketones (excluding diaryl/α,β-unsaturated/α-hetero) is 1. The number of likely N-dealkylation sites (tertiary alicyclic amines) is 1. The van der Waals surface area contributed by atoms with Gasteiger partial charge in [0.2, 0.25) is 5.60 Å². The van der Waals surface area contributed by atoms with E-state index in [1.165, 1.54) is 0 Å². The minimum Gasteiger partial charge on any atom is -0.497 e. The number of hydrogen-bond acceptors (Lipinski definition) is 6. The van der Waals surface area contributed by atoms with Crippen LogP contribution in [-0.4, -0.2) is 55.3 Å². The van der Waals surface area contributed by atoms with Gasteiger partial charge in [-0.1, -0.05) is 11.7 Å². The van der Waals surface area contributed by atoms with Crippen molar-refractivity contribution < 1.29 is 18.9 Å². The van der Waals surface area contributed by atoms with E-state index in [0.29, 0.717) is 5.75 Å². The van der Waals surface area contributed by atoms with Crippen LogP contribution < -0.4 is 0 Å². The number of thiol groups is 1. The first-order chi connectivity index (χ1) is 7.58. The van der Waals surface area contributed by atoms with Crippen LogP contribution in [0.3, 0.4) is 0 Å². The Labute approximate surface area is 99.0 Å². The summed E-state index contributed by atoms with van der Waals surface area (Å²) in [6.45, 7) is 0.422. The first-order valence-corrected chi connectivity index (χ1v) is 5.42. The van der Waals surface area contributed by atoms with Gasteiger partial charge in [0.1, 0.15) is 0 Å². The molecule has 5 nitrogen and oxygen atoms in total. The normalized spacial score (nSPS) is 29.5. The van der Waals surface area contributed by atoms with Crippen LogP contribution in [0, 0.1) is 11.7 Å². The van der Waals surface area contributed by atoms with Crippen LogP contribution in [0.5, 0.6) is 0 Å². The molecule has 1 unspecified atom stereocenters. The maximum Gasteiger partial charge on any atom is 0.622 e. The number of carbonyl (C=O) groups is 2. The molecule has 2 aliphatic heterocycles. The molecule has 0 N–H and O–H groups in total. The van der Waals surface area contributed by atoms with Gasteiger partial charge in [-0.05, 0) is 7.05 Å². The molecular weight excluding hydrogens is 229 g/mol. The van der Waals surface area contributed by atoms with Crippen molar-refractivity contribution in [3.05, 3.63) is 0 Å². The highest BCUT2D eigenvalue weighted by atomic mass is 32.1. The van der Waals surface area contributed by atoms with Gasteiger partial charge in [-0.25, -0.2) is 0 Å². The number of likely N-dealkylation sites (N-methyl/N-ethyl adjacent to an activating group) is 1. The smallest absolute Gasteiger partial charge is 0.497 e. The van der Waals surface area contributed by atoms with Gasteiger partial charge in [-0.2, -0.15) is 12.6 Å². The third kappa shape index (κ3) is 1.73. The first kappa shape index (κ1) is 11.5. The molecule has 84 valence electrons. The number of rotatable bonds is 0. The van der Waals surface area contributed by atoms with E-state index < -0.39 is 18.7 Å². The molecule has 2 aliphatic rings. The topological polar surface area (TPSA) is 55.8 Å². The number of nitrogens with zero attached hydrogens (tertiary/aromatic N) is 1. The van der Waals surface area contributed by atoms with Crippen LogP contribution in [0.4, 0.5) is 0 Å². The van der Waals surface area contributed by atoms with Gasteiger partial charge < -0.3 is 9.31 Å². The fourth-order valence-electron chi connectivity index (χ4n) is 1.81. The molecule has 7 heteroatoms. The summed E-state index contributed by atoms with van der Waals surface area (Å²) < 4.78 is 10.2. The summed E-state index contributed by atoms with van der Waals surface area (Å²) >= 11 is 3.90. The summed E-state index contributed by atoms with van der Waals surface area (Å²) in [6.07, 6.45) is 0. The third-order valence-electron chi connectivity index (χ3n) is 2.51. The van der Waals surface area contributed by atoms with E-state index in [4.69, 9.17) is 9.31 Å². The molecule has 2 rings (SSSR count). The fourth-order valence-corrected chi connectivity index (χ4v) is 1.90. The Hall–Kier alpha value is -0.965. The van der Waals surface area contributed by atoms with Crippen LogP contribution in [0.1, 0.15) is 0 Å². The molecule has 0 bridgehead atoms. The highest BCUT2D eigenvalue weighted by Gasteiger charge is 2.61. The van der Waals surface area contributed by atoms with E-state index in [9.17, 15) is 9.59 Å². The molecule has 1 atom stereocenters. The van der Waals surface area contributed by atoms with Gasteiger partial charge in [0.05, 0.1) is 12.3 Å². The average Bonchev–Trinajstić information content (AvgIpc) is 2.67. The lowest BCUT2D eigenvalue weighted by Crippen LogP contribution is -2.45. The Kier molecular flexibility index (Phi) is 2.97. The summed E-state index contributed by atoms with van der Waals surface area (Å²) in [5, 5.41) is 0. The van der Waals surface area contributed by atoms with Crippen molar-refractivity contribution in [2.75, 3.05) is 25.9 Å². The van der Waals surface area contributed by atoms with Gasteiger partial charge in [0.15, 0.2) is 5.78 Å². The monoisotopic (exact) mass is 239 g/mol. The zero-order chi connectivity index (χ0) is 11.8. The Morgan fingerprint density at radius 1 is 1.62 bits per heavy atom. The summed E-state index contributed by atoms with van der Waals surface area (Å²) in [7, 11) is 0.797. The second-order valence-corrected chi connectivity index (χ2v) is 4.07. The maximum atomic E-state index is 11.7. The lowest BCUT2D eigenvalue weighted by Gasteiger charge is -2.15. The zero-order valence-corrected chi connectivity index (χ0v) is 9.62. The second kappa shape index (κ2) is 4.13. The molecule has 0 amide bonds. The maximum absolute atomic E-state index is 11.7. The first-order valence-electron chi connectivity index (χ1n) is 4.78.